The van der Waals surface area contributed by atoms with Crippen molar-refractivity contribution in [2.75, 3.05) is 6.61 Å². The van der Waals surface area contributed by atoms with Crippen molar-refractivity contribution in [2.24, 2.45) is 0 Å². The summed E-state index contributed by atoms with van der Waals surface area (Å²) in [6, 6.07) is 9.05. The molecule has 4 heteroatoms. The maximum atomic E-state index is 10.6. The van der Waals surface area contributed by atoms with Gasteiger partial charge in [0.05, 0.1) is 6.61 Å². The molecule has 0 saturated heterocycles. The lowest BCUT2D eigenvalue weighted by atomic mass is 10.2. The molecule has 76 valence electrons. The molecule has 0 aliphatic rings. The lowest BCUT2D eigenvalue weighted by Gasteiger charge is -1.87. The van der Waals surface area contributed by atoms with Crippen LogP contribution in [-0.2, 0) is 9.53 Å². The van der Waals surface area contributed by atoms with E-state index in [0.29, 0.717) is 18.6 Å². The van der Waals surface area contributed by atoms with E-state index in [9.17, 15) is 9.59 Å². The van der Waals surface area contributed by atoms with Crippen LogP contribution in [0.5, 0.6) is 0 Å². The van der Waals surface area contributed by atoms with E-state index in [0.717, 1.165) is 0 Å². The van der Waals surface area contributed by atoms with Gasteiger partial charge >= 0.3 is 0 Å². The Morgan fingerprint density at radius 3 is 2.21 bits per heavy atom. The van der Waals surface area contributed by atoms with Crippen molar-refractivity contribution in [1.29, 1.82) is 0 Å². The molecule has 0 aliphatic heterocycles. The summed E-state index contributed by atoms with van der Waals surface area (Å²) in [5.74, 6) is 0. The van der Waals surface area contributed by atoms with E-state index in [1.54, 1.807) is 19.1 Å². The second kappa shape index (κ2) is 8.44. The molecular formula is C10H11BrO3. The highest BCUT2D eigenvalue weighted by Gasteiger charge is 1.95. The van der Waals surface area contributed by atoms with Crippen molar-refractivity contribution >= 4 is 27.1 Å². The molecule has 0 radical (unpaired) electrons. The van der Waals surface area contributed by atoms with Gasteiger partial charge in [0.25, 0.3) is 6.47 Å². The van der Waals surface area contributed by atoms with Crippen molar-refractivity contribution in [1.82, 2.24) is 0 Å². The maximum absolute atomic E-state index is 10.6. The molecule has 0 saturated carbocycles. The largest absolute Gasteiger partial charge is 0.468 e. The molecule has 3 nitrogen and oxygen atoms in total. The van der Waals surface area contributed by atoms with Gasteiger partial charge in [-0.15, -0.1) is 0 Å². The van der Waals surface area contributed by atoms with Gasteiger partial charge in [-0.2, -0.15) is 0 Å². The van der Waals surface area contributed by atoms with E-state index in [2.05, 4.69) is 20.7 Å². The van der Waals surface area contributed by atoms with E-state index >= 15 is 0 Å². The van der Waals surface area contributed by atoms with Crippen LogP contribution in [-0.4, -0.2) is 17.8 Å². The molecule has 1 rings (SSSR count). The fourth-order valence-corrected chi connectivity index (χ4v) is 0.902. The molecule has 14 heavy (non-hydrogen) atoms. The van der Waals surface area contributed by atoms with Gasteiger partial charge < -0.3 is 4.74 Å². The molecule has 0 spiro atoms. The van der Waals surface area contributed by atoms with Crippen LogP contribution in [0.15, 0.2) is 30.3 Å². The summed E-state index contributed by atoms with van der Waals surface area (Å²) in [6.07, 6.45) is 0. The van der Waals surface area contributed by atoms with E-state index in [1.807, 2.05) is 18.2 Å². The van der Waals surface area contributed by atoms with Crippen molar-refractivity contribution in [2.45, 2.75) is 6.92 Å². The normalized spacial score (nSPS) is 8.14. The fraction of sp³-hybridized carbons (Fsp3) is 0.200. The molecule has 0 unspecified atom stereocenters. The van der Waals surface area contributed by atoms with Gasteiger partial charge in [0, 0.05) is 5.56 Å². The standard InChI is InChI=1S/C7H5BrO.C3H6O2/c8-7(9)6-4-2-1-3-5-6;1-2-5-3-4/h1-5H;3H,2H2,1H3. The molecule has 0 aromatic heterocycles. The summed E-state index contributed by atoms with van der Waals surface area (Å²) in [7, 11) is 0. The topological polar surface area (TPSA) is 43.4 Å². The Balaban J connectivity index is 0.000000292. The SMILES string of the molecule is CCOC=O.O=C(Br)c1ccccc1. The van der Waals surface area contributed by atoms with Gasteiger partial charge in [0.15, 0.2) is 0 Å². The zero-order valence-corrected chi connectivity index (χ0v) is 9.36. The van der Waals surface area contributed by atoms with Gasteiger partial charge in [0.1, 0.15) is 0 Å². The molecule has 0 amide bonds. The van der Waals surface area contributed by atoms with Gasteiger partial charge in [-0.25, -0.2) is 0 Å². The number of benzene rings is 1. The summed E-state index contributed by atoms with van der Waals surface area (Å²) >= 11 is 2.84. The Bertz CT molecular complexity index is 272. The average molecular weight is 259 g/mol. The predicted octanol–water partition coefficient (Wildman–Crippen LogP) is 2.40. The average Bonchev–Trinajstić information content (AvgIpc) is 2.21. The van der Waals surface area contributed by atoms with Crippen molar-refractivity contribution in [3.8, 4) is 0 Å². The van der Waals surface area contributed by atoms with E-state index < -0.39 is 0 Å². The minimum absolute atomic E-state index is 0.0666. The number of ether oxygens (including phenoxy) is 1. The third-order valence-electron chi connectivity index (χ3n) is 1.24. The van der Waals surface area contributed by atoms with Crippen LogP contribution < -0.4 is 0 Å². The maximum Gasteiger partial charge on any atom is 0.293 e. The van der Waals surface area contributed by atoms with Crippen LogP contribution in [0, 0.1) is 0 Å². The van der Waals surface area contributed by atoms with Crippen LogP contribution in [0.25, 0.3) is 0 Å². The highest BCUT2D eigenvalue weighted by molar-refractivity contribution is 9.18. The number of halogens is 1. The number of hydrogen-bond donors (Lipinski definition) is 0. The lowest BCUT2D eigenvalue weighted by Crippen LogP contribution is -1.83. The second-order valence-corrected chi connectivity index (χ2v) is 2.91. The van der Waals surface area contributed by atoms with Crippen LogP contribution in [0.1, 0.15) is 17.3 Å². The summed E-state index contributed by atoms with van der Waals surface area (Å²) < 4.78 is 4.09. The molecule has 0 aliphatic carbocycles. The van der Waals surface area contributed by atoms with Crippen LogP contribution in [0.2, 0.25) is 0 Å². The Hall–Kier alpha value is -1.16. The molecule has 0 N–H and O–H groups in total. The molecule has 0 heterocycles. The first-order valence-corrected chi connectivity index (χ1v) is 4.81. The number of rotatable bonds is 3. The van der Waals surface area contributed by atoms with Crippen LogP contribution in [0.4, 0.5) is 0 Å². The summed E-state index contributed by atoms with van der Waals surface area (Å²) in [4.78, 5) is 19.7. The number of carbonyl (C=O) groups is 2. The zero-order valence-electron chi connectivity index (χ0n) is 7.77. The third kappa shape index (κ3) is 6.37. The second-order valence-electron chi connectivity index (χ2n) is 2.19. The summed E-state index contributed by atoms with van der Waals surface area (Å²) in [6.45, 7) is 2.66. The Morgan fingerprint density at radius 2 is 2.00 bits per heavy atom. The number of carbonyl (C=O) groups excluding carboxylic acids is 2. The highest BCUT2D eigenvalue weighted by atomic mass is 79.9. The lowest BCUT2D eigenvalue weighted by molar-refractivity contribution is -0.128. The Morgan fingerprint density at radius 1 is 1.43 bits per heavy atom. The third-order valence-corrected chi connectivity index (χ3v) is 1.69. The zero-order chi connectivity index (χ0) is 10.8. The van der Waals surface area contributed by atoms with Gasteiger partial charge in [-0.1, -0.05) is 30.3 Å². The van der Waals surface area contributed by atoms with Crippen molar-refractivity contribution in [3.05, 3.63) is 35.9 Å². The molecule has 1 aromatic rings. The quantitative estimate of drug-likeness (QED) is 0.618. The molecule has 0 bridgehead atoms. The molecule has 0 fully saturated rings. The minimum atomic E-state index is -0.0666. The first-order chi connectivity index (χ1) is 6.72. The van der Waals surface area contributed by atoms with Gasteiger partial charge in [0.2, 0.25) is 4.69 Å². The van der Waals surface area contributed by atoms with Crippen LogP contribution in [0.3, 0.4) is 0 Å². The molecular weight excluding hydrogens is 248 g/mol. The Labute approximate surface area is 91.2 Å². The van der Waals surface area contributed by atoms with E-state index in [4.69, 9.17) is 0 Å². The number of hydrogen-bond acceptors (Lipinski definition) is 3. The Kier molecular flexibility index (Phi) is 7.74. The van der Waals surface area contributed by atoms with Crippen molar-refractivity contribution in [3.63, 3.8) is 0 Å². The van der Waals surface area contributed by atoms with E-state index in [1.165, 1.54) is 0 Å². The van der Waals surface area contributed by atoms with Gasteiger partial charge in [-0.05, 0) is 22.9 Å². The first kappa shape index (κ1) is 12.8. The van der Waals surface area contributed by atoms with E-state index in [-0.39, 0.29) is 4.69 Å². The van der Waals surface area contributed by atoms with Crippen molar-refractivity contribution < 1.29 is 14.3 Å². The summed E-state index contributed by atoms with van der Waals surface area (Å²) in [5, 5.41) is 0. The summed E-state index contributed by atoms with van der Waals surface area (Å²) in [5.41, 5.74) is 0.692. The molecule has 1 aromatic carbocycles. The molecule has 0 atom stereocenters. The minimum Gasteiger partial charge on any atom is -0.468 e. The highest BCUT2D eigenvalue weighted by Crippen LogP contribution is 2.03. The first-order valence-electron chi connectivity index (χ1n) is 4.02. The monoisotopic (exact) mass is 258 g/mol. The smallest absolute Gasteiger partial charge is 0.293 e. The predicted molar refractivity (Wildman–Crippen MR) is 57.4 cm³/mol. The van der Waals surface area contributed by atoms with Gasteiger partial charge in [-0.3, -0.25) is 9.59 Å². The fourth-order valence-electron chi connectivity index (χ4n) is 0.637. The van der Waals surface area contributed by atoms with Crippen LogP contribution >= 0.6 is 15.9 Å².